The van der Waals surface area contributed by atoms with Gasteiger partial charge in [-0.1, -0.05) is 22.6 Å². The van der Waals surface area contributed by atoms with Crippen LogP contribution in [0, 0.1) is 5.82 Å². The van der Waals surface area contributed by atoms with Crippen molar-refractivity contribution in [1.82, 2.24) is 9.97 Å². The van der Waals surface area contributed by atoms with E-state index in [1.807, 2.05) is 0 Å². The Hall–Kier alpha value is -0.650. The van der Waals surface area contributed by atoms with Gasteiger partial charge in [0.05, 0.1) is 17.4 Å². The maximum absolute atomic E-state index is 13.1. The molecule has 0 aromatic carbocycles. The standard InChI is InChI=1S/C8H6FIN2/c9-6-4-12-7(3-10)8-5(6)1-2-11-8/h1-2,4,11H,3H2. The van der Waals surface area contributed by atoms with Gasteiger partial charge in [-0.05, 0) is 6.07 Å². The van der Waals surface area contributed by atoms with Gasteiger partial charge in [0, 0.05) is 16.0 Å². The first-order valence-corrected chi connectivity index (χ1v) is 5.02. The SMILES string of the molecule is Fc1cnc(CI)c2[nH]ccc12. The summed E-state index contributed by atoms with van der Waals surface area (Å²) in [7, 11) is 0. The molecule has 0 fully saturated rings. The number of fused-ring (bicyclic) bond motifs is 1. The topological polar surface area (TPSA) is 28.7 Å². The Kier molecular flexibility index (Phi) is 2.00. The molecule has 0 saturated carbocycles. The van der Waals surface area contributed by atoms with Crippen LogP contribution in [0.25, 0.3) is 10.9 Å². The molecule has 0 spiro atoms. The van der Waals surface area contributed by atoms with E-state index in [1.54, 1.807) is 12.3 Å². The quantitative estimate of drug-likeness (QED) is 0.629. The highest BCUT2D eigenvalue weighted by Gasteiger charge is 2.06. The molecule has 0 amide bonds. The predicted molar refractivity (Wildman–Crippen MR) is 53.8 cm³/mol. The van der Waals surface area contributed by atoms with Crippen LogP contribution in [0.1, 0.15) is 5.69 Å². The van der Waals surface area contributed by atoms with Gasteiger partial charge in [0.25, 0.3) is 0 Å². The zero-order valence-corrected chi connectivity index (χ0v) is 8.30. The Morgan fingerprint density at radius 3 is 3.17 bits per heavy atom. The maximum atomic E-state index is 13.1. The van der Waals surface area contributed by atoms with Gasteiger partial charge in [0.15, 0.2) is 5.82 Å². The first kappa shape index (κ1) is 7.97. The molecular weight excluding hydrogens is 270 g/mol. The molecule has 4 heteroatoms. The number of rotatable bonds is 1. The second-order valence-electron chi connectivity index (χ2n) is 2.45. The van der Waals surface area contributed by atoms with Gasteiger partial charge in [-0.15, -0.1) is 0 Å². The number of hydrogen-bond acceptors (Lipinski definition) is 1. The Morgan fingerprint density at radius 2 is 2.42 bits per heavy atom. The molecule has 1 N–H and O–H groups in total. The van der Waals surface area contributed by atoms with Gasteiger partial charge in [-0.25, -0.2) is 4.39 Å². The third-order valence-corrected chi connectivity index (χ3v) is 2.48. The van der Waals surface area contributed by atoms with Crippen molar-refractivity contribution >= 4 is 33.5 Å². The molecule has 12 heavy (non-hydrogen) atoms. The van der Waals surface area contributed by atoms with Crippen LogP contribution in [-0.2, 0) is 4.43 Å². The van der Waals surface area contributed by atoms with Crippen LogP contribution in [0.3, 0.4) is 0 Å². The highest BCUT2D eigenvalue weighted by molar-refractivity contribution is 14.1. The lowest BCUT2D eigenvalue weighted by molar-refractivity contribution is 0.633. The van der Waals surface area contributed by atoms with Crippen molar-refractivity contribution in [3.63, 3.8) is 0 Å². The highest BCUT2D eigenvalue weighted by atomic mass is 127. The molecule has 2 aromatic heterocycles. The molecule has 2 nitrogen and oxygen atoms in total. The van der Waals surface area contributed by atoms with E-state index < -0.39 is 0 Å². The van der Waals surface area contributed by atoms with E-state index in [-0.39, 0.29) is 5.82 Å². The first-order chi connectivity index (χ1) is 5.83. The van der Waals surface area contributed by atoms with E-state index >= 15 is 0 Å². The molecular formula is C8H6FIN2. The number of pyridine rings is 1. The van der Waals surface area contributed by atoms with Gasteiger partial charge in [0.2, 0.25) is 0 Å². The van der Waals surface area contributed by atoms with Gasteiger partial charge in [0.1, 0.15) is 0 Å². The van der Waals surface area contributed by atoms with Crippen molar-refractivity contribution in [2.24, 2.45) is 0 Å². The normalized spacial score (nSPS) is 10.8. The second-order valence-corrected chi connectivity index (χ2v) is 3.22. The van der Waals surface area contributed by atoms with Crippen molar-refractivity contribution in [3.8, 4) is 0 Å². The van der Waals surface area contributed by atoms with Crippen molar-refractivity contribution in [2.75, 3.05) is 0 Å². The maximum Gasteiger partial charge on any atom is 0.150 e. The van der Waals surface area contributed by atoms with Gasteiger partial charge in [-0.2, -0.15) is 0 Å². The minimum atomic E-state index is -0.264. The third kappa shape index (κ3) is 1.10. The third-order valence-electron chi connectivity index (χ3n) is 1.75. The molecule has 0 aliphatic rings. The Bertz CT molecular complexity index is 410. The molecule has 0 atom stereocenters. The summed E-state index contributed by atoms with van der Waals surface area (Å²) >= 11 is 2.21. The number of aromatic amines is 1. The van der Waals surface area contributed by atoms with E-state index in [0.29, 0.717) is 5.39 Å². The fourth-order valence-corrected chi connectivity index (χ4v) is 1.76. The molecule has 2 heterocycles. The monoisotopic (exact) mass is 276 g/mol. The van der Waals surface area contributed by atoms with Crippen LogP contribution in [0.5, 0.6) is 0 Å². The summed E-state index contributed by atoms with van der Waals surface area (Å²) in [6.45, 7) is 0. The average molecular weight is 276 g/mol. The van der Waals surface area contributed by atoms with Crippen molar-refractivity contribution < 1.29 is 4.39 Å². The summed E-state index contributed by atoms with van der Waals surface area (Å²) in [6, 6.07) is 1.72. The van der Waals surface area contributed by atoms with Gasteiger partial charge >= 0.3 is 0 Å². The number of hydrogen-bond donors (Lipinski definition) is 1. The molecule has 2 aromatic rings. The van der Waals surface area contributed by atoms with Crippen LogP contribution in [0.4, 0.5) is 4.39 Å². The fourth-order valence-electron chi connectivity index (χ4n) is 1.18. The van der Waals surface area contributed by atoms with Crippen molar-refractivity contribution in [3.05, 3.63) is 30.0 Å². The lowest BCUT2D eigenvalue weighted by Crippen LogP contribution is -1.88. The Labute approximate surface area is 82.3 Å². The Morgan fingerprint density at radius 1 is 1.58 bits per heavy atom. The summed E-state index contributed by atoms with van der Waals surface area (Å²) in [5.74, 6) is -0.264. The highest BCUT2D eigenvalue weighted by Crippen LogP contribution is 2.19. The second kappa shape index (κ2) is 3.01. The van der Waals surface area contributed by atoms with Crippen molar-refractivity contribution in [1.29, 1.82) is 0 Å². The smallest absolute Gasteiger partial charge is 0.150 e. The number of nitrogens with zero attached hydrogens (tertiary/aromatic N) is 1. The van der Waals surface area contributed by atoms with E-state index in [0.717, 1.165) is 15.6 Å². The summed E-state index contributed by atoms with van der Waals surface area (Å²) in [6.07, 6.45) is 3.00. The van der Waals surface area contributed by atoms with Gasteiger partial charge in [-0.3, -0.25) is 4.98 Å². The fraction of sp³-hybridized carbons (Fsp3) is 0.125. The average Bonchev–Trinajstić information content (AvgIpc) is 2.54. The zero-order chi connectivity index (χ0) is 8.55. The van der Waals surface area contributed by atoms with Crippen LogP contribution in [0.2, 0.25) is 0 Å². The molecule has 0 aliphatic heterocycles. The number of alkyl halides is 1. The molecule has 0 radical (unpaired) electrons. The molecule has 0 aliphatic carbocycles. The number of H-pyrrole nitrogens is 1. The number of nitrogens with one attached hydrogen (secondary N) is 1. The summed E-state index contributed by atoms with van der Waals surface area (Å²) in [5.41, 5.74) is 1.71. The molecule has 0 bridgehead atoms. The van der Waals surface area contributed by atoms with Crippen LogP contribution >= 0.6 is 22.6 Å². The minimum Gasteiger partial charge on any atom is -0.360 e. The minimum absolute atomic E-state index is 0.264. The van der Waals surface area contributed by atoms with Crippen molar-refractivity contribution in [2.45, 2.75) is 4.43 Å². The van der Waals surface area contributed by atoms with E-state index in [1.165, 1.54) is 6.20 Å². The summed E-state index contributed by atoms with van der Waals surface area (Å²) < 4.78 is 13.8. The number of aromatic nitrogens is 2. The van der Waals surface area contributed by atoms with Crippen LogP contribution in [0.15, 0.2) is 18.5 Å². The predicted octanol–water partition coefficient (Wildman–Crippen LogP) is 2.64. The zero-order valence-electron chi connectivity index (χ0n) is 6.14. The van der Waals surface area contributed by atoms with E-state index in [2.05, 4.69) is 32.6 Å². The number of halogens is 2. The van der Waals surface area contributed by atoms with E-state index in [4.69, 9.17) is 0 Å². The largest absolute Gasteiger partial charge is 0.360 e. The first-order valence-electron chi connectivity index (χ1n) is 3.49. The lowest BCUT2D eigenvalue weighted by Gasteiger charge is -1.97. The van der Waals surface area contributed by atoms with Gasteiger partial charge < -0.3 is 4.98 Å². The van der Waals surface area contributed by atoms with Crippen LogP contribution < -0.4 is 0 Å². The lowest BCUT2D eigenvalue weighted by atomic mass is 10.2. The molecule has 62 valence electrons. The molecule has 0 unspecified atom stereocenters. The van der Waals surface area contributed by atoms with Crippen LogP contribution in [-0.4, -0.2) is 9.97 Å². The Balaban J connectivity index is 2.82. The summed E-state index contributed by atoms with van der Waals surface area (Å²) in [5, 5.41) is 0.622. The van der Waals surface area contributed by atoms with E-state index in [9.17, 15) is 4.39 Å². The molecule has 0 saturated heterocycles. The summed E-state index contributed by atoms with van der Waals surface area (Å²) in [4.78, 5) is 6.96. The molecule has 2 rings (SSSR count).